The first-order chi connectivity index (χ1) is 7.86. The smallest absolute Gasteiger partial charge is 0.105 e. The van der Waals surface area contributed by atoms with Gasteiger partial charge in [0.2, 0.25) is 0 Å². The van der Waals surface area contributed by atoms with Gasteiger partial charge in [0.1, 0.15) is 5.76 Å². The van der Waals surface area contributed by atoms with E-state index in [9.17, 15) is 0 Å². The molecule has 92 valence electrons. The lowest BCUT2D eigenvalue weighted by molar-refractivity contribution is 0.110. The normalized spacial score (nSPS) is 12.9. The highest BCUT2D eigenvalue weighted by Gasteiger charge is 2.10. The third-order valence-electron chi connectivity index (χ3n) is 2.38. The molecular formula is C13H23NO2. The van der Waals surface area contributed by atoms with Crippen LogP contribution in [0.15, 0.2) is 22.8 Å². The summed E-state index contributed by atoms with van der Waals surface area (Å²) in [5.74, 6) is 1.02. The summed E-state index contributed by atoms with van der Waals surface area (Å²) in [6.45, 7) is 6.92. The van der Waals surface area contributed by atoms with Crippen LogP contribution >= 0.6 is 0 Å². The zero-order chi connectivity index (χ0) is 11.6. The molecule has 1 N–H and O–H groups in total. The van der Waals surface area contributed by atoms with Crippen LogP contribution in [-0.4, -0.2) is 25.8 Å². The van der Waals surface area contributed by atoms with Gasteiger partial charge in [0.05, 0.1) is 12.9 Å². The molecular weight excluding hydrogens is 202 g/mol. The maximum atomic E-state index is 5.59. The van der Waals surface area contributed by atoms with E-state index in [1.54, 1.807) is 6.26 Å². The summed E-state index contributed by atoms with van der Waals surface area (Å²) >= 11 is 0. The minimum atomic E-state index is 0.359. The fraction of sp³-hybridized carbons (Fsp3) is 0.692. The van der Waals surface area contributed by atoms with E-state index in [1.807, 2.05) is 12.1 Å². The first-order valence-electron chi connectivity index (χ1n) is 6.20. The van der Waals surface area contributed by atoms with Gasteiger partial charge >= 0.3 is 0 Å². The van der Waals surface area contributed by atoms with Crippen molar-refractivity contribution in [3.63, 3.8) is 0 Å². The predicted octanol–water partition coefficient (Wildman–Crippen LogP) is 2.62. The summed E-state index contributed by atoms with van der Waals surface area (Å²) in [5.41, 5.74) is 0. The summed E-state index contributed by atoms with van der Waals surface area (Å²) in [5, 5.41) is 3.48. The predicted molar refractivity (Wildman–Crippen MR) is 65.6 cm³/mol. The molecule has 1 atom stereocenters. The number of furan rings is 1. The van der Waals surface area contributed by atoms with Crippen molar-refractivity contribution in [3.05, 3.63) is 24.2 Å². The van der Waals surface area contributed by atoms with Crippen LogP contribution in [0.2, 0.25) is 0 Å². The molecule has 3 heteroatoms. The van der Waals surface area contributed by atoms with Gasteiger partial charge in [-0.3, -0.25) is 0 Å². The fourth-order valence-corrected chi connectivity index (χ4v) is 1.58. The molecule has 1 heterocycles. The Balaban J connectivity index is 2.31. The second kappa shape index (κ2) is 8.36. The van der Waals surface area contributed by atoms with Gasteiger partial charge in [0.25, 0.3) is 0 Å². The van der Waals surface area contributed by atoms with Crippen LogP contribution in [0.4, 0.5) is 0 Å². The molecule has 0 aliphatic carbocycles. The van der Waals surface area contributed by atoms with Crippen LogP contribution in [0.5, 0.6) is 0 Å². The van der Waals surface area contributed by atoms with Crippen molar-refractivity contribution in [1.29, 1.82) is 0 Å². The molecule has 3 nitrogen and oxygen atoms in total. The van der Waals surface area contributed by atoms with Gasteiger partial charge in [-0.2, -0.15) is 0 Å². The van der Waals surface area contributed by atoms with Gasteiger partial charge in [0.15, 0.2) is 0 Å². The van der Waals surface area contributed by atoms with Gasteiger partial charge in [-0.1, -0.05) is 13.8 Å². The Labute approximate surface area is 98.2 Å². The van der Waals surface area contributed by atoms with E-state index in [4.69, 9.17) is 9.15 Å². The van der Waals surface area contributed by atoms with Gasteiger partial charge in [-0.15, -0.1) is 0 Å². The van der Waals surface area contributed by atoms with Crippen LogP contribution in [0.3, 0.4) is 0 Å². The Morgan fingerprint density at radius 3 is 2.88 bits per heavy atom. The molecule has 0 radical (unpaired) electrons. The molecule has 0 saturated heterocycles. The maximum Gasteiger partial charge on any atom is 0.105 e. The monoisotopic (exact) mass is 225 g/mol. The second-order valence-corrected chi connectivity index (χ2v) is 4.01. The summed E-state index contributed by atoms with van der Waals surface area (Å²) in [6.07, 6.45) is 4.83. The van der Waals surface area contributed by atoms with Crippen LogP contribution in [0.1, 0.15) is 32.4 Å². The number of ether oxygens (including phenoxy) is 1. The van der Waals surface area contributed by atoms with Crippen molar-refractivity contribution in [2.24, 2.45) is 0 Å². The molecule has 16 heavy (non-hydrogen) atoms. The molecule has 0 aliphatic heterocycles. The van der Waals surface area contributed by atoms with Crippen molar-refractivity contribution < 1.29 is 9.15 Å². The van der Waals surface area contributed by atoms with Crippen LogP contribution < -0.4 is 5.32 Å². The quantitative estimate of drug-likeness (QED) is 0.656. The summed E-state index contributed by atoms with van der Waals surface area (Å²) in [4.78, 5) is 0. The Morgan fingerprint density at radius 2 is 2.25 bits per heavy atom. The van der Waals surface area contributed by atoms with E-state index >= 15 is 0 Å². The topological polar surface area (TPSA) is 34.4 Å². The van der Waals surface area contributed by atoms with Crippen LogP contribution in [-0.2, 0) is 11.2 Å². The molecule has 1 aromatic rings. The SMILES string of the molecule is CCCNC(COCCC)Cc1ccco1. The van der Waals surface area contributed by atoms with Crippen molar-refractivity contribution in [2.75, 3.05) is 19.8 Å². The lowest BCUT2D eigenvalue weighted by Gasteiger charge is -2.17. The zero-order valence-corrected chi connectivity index (χ0v) is 10.4. The highest BCUT2D eigenvalue weighted by atomic mass is 16.5. The van der Waals surface area contributed by atoms with Crippen LogP contribution in [0.25, 0.3) is 0 Å². The summed E-state index contributed by atoms with van der Waals surface area (Å²) in [7, 11) is 0. The molecule has 0 saturated carbocycles. The number of hydrogen-bond donors (Lipinski definition) is 1. The average molecular weight is 225 g/mol. The van der Waals surface area contributed by atoms with Crippen molar-refractivity contribution >= 4 is 0 Å². The van der Waals surface area contributed by atoms with Gasteiger partial charge in [0, 0.05) is 19.1 Å². The van der Waals surface area contributed by atoms with E-state index in [0.29, 0.717) is 6.04 Å². The van der Waals surface area contributed by atoms with E-state index < -0.39 is 0 Å². The summed E-state index contributed by atoms with van der Waals surface area (Å²) < 4.78 is 10.9. The molecule has 0 aromatic carbocycles. The lowest BCUT2D eigenvalue weighted by Crippen LogP contribution is -2.36. The first kappa shape index (κ1) is 13.3. The highest BCUT2D eigenvalue weighted by Crippen LogP contribution is 2.05. The van der Waals surface area contributed by atoms with Gasteiger partial charge in [-0.25, -0.2) is 0 Å². The van der Waals surface area contributed by atoms with Crippen molar-refractivity contribution in [2.45, 2.75) is 39.2 Å². The average Bonchev–Trinajstić information content (AvgIpc) is 2.78. The number of nitrogens with one attached hydrogen (secondary N) is 1. The van der Waals surface area contributed by atoms with E-state index in [1.165, 1.54) is 0 Å². The number of hydrogen-bond acceptors (Lipinski definition) is 3. The maximum absolute atomic E-state index is 5.59. The Morgan fingerprint density at radius 1 is 1.38 bits per heavy atom. The fourth-order valence-electron chi connectivity index (χ4n) is 1.58. The molecule has 0 amide bonds. The standard InChI is InChI=1S/C13H23NO2/c1-3-7-14-12(11-15-8-4-2)10-13-6-5-9-16-13/h5-6,9,12,14H,3-4,7-8,10-11H2,1-2H3. The Hall–Kier alpha value is -0.800. The summed E-state index contributed by atoms with van der Waals surface area (Å²) in [6, 6.07) is 4.30. The largest absolute Gasteiger partial charge is 0.469 e. The Kier molecular flexibility index (Phi) is 6.93. The third kappa shape index (κ3) is 5.33. The molecule has 1 unspecified atom stereocenters. The molecule has 0 spiro atoms. The van der Waals surface area contributed by atoms with E-state index in [0.717, 1.165) is 44.8 Å². The number of rotatable bonds is 9. The minimum absolute atomic E-state index is 0.359. The van der Waals surface area contributed by atoms with Gasteiger partial charge in [-0.05, 0) is 31.5 Å². The molecule has 1 rings (SSSR count). The molecule has 0 aliphatic rings. The highest BCUT2D eigenvalue weighted by molar-refractivity contribution is 5.00. The third-order valence-corrected chi connectivity index (χ3v) is 2.38. The molecule has 0 bridgehead atoms. The van der Waals surface area contributed by atoms with Gasteiger partial charge < -0.3 is 14.5 Å². The molecule has 1 aromatic heterocycles. The van der Waals surface area contributed by atoms with Crippen molar-refractivity contribution in [3.8, 4) is 0 Å². The van der Waals surface area contributed by atoms with Crippen molar-refractivity contribution in [1.82, 2.24) is 5.32 Å². The van der Waals surface area contributed by atoms with E-state index in [2.05, 4.69) is 19.2 Å². The van der Waals surface area contributed by atoms with Crippen LogP contribution in [0, 0.1) is 0 Å². The second-order valence-electron chi connectivity index (χ2n) is 4.01. The lowest BCUT2D eigenvalue weighted by atomic mass is 10.2. The zero-order valence-electron chi connectivity index (χ0n) is 10.4. The first-order valence-corrected chi connectivity index (χ1v) is 6.20. The molecule has 0 fully saturated rings. The minimum Gasteiger partial charge on any atom is -0.469 e. The Bertz CT molecular complexity index is 246. The van der Waals surface area contributed by atoms with E-state index in [-0.39, 0.29) is 0 Å².